The first-order chi connectivity index (χ1) is 8.31. The third-order valence-electron chi connectivity index (χ3n) is 3.49. The summed E-state index contributed by atoms with van der Waals surface area (Å²) in [4.78, 5) is 27.0. The van der Waals surface area contributed by atoms with Crippen LogP contribution >= 0.6 is 0 Å². The van der Waals surface area contributed by atoms with Gasteiger partial charge in [-0.3, -0.25) is 14.5 Å². The van der Waals surface area contributed by atoms with E-state index < -0.39 is 0 Å². The number of rotatable bonds is 5. The van der Waals surface area contributed by atoms with Crippen LogP contribution in [0.15, 0.2) is 0 Å². The van der Waals surface area contributed by atoms with Gasteiger partial charge in [-0.1, -0.05) is 0 Å². The summed E-state index contributed by atoms with van der Waals surface area (Å²) in [6, 6.07) is 0. The number of carbonyl (C=O) groups excluding carboxylic acids is 2. The molecule has 0 bridgehead atoms. The van der Waals surface area contributed by atoms with Crippen LogP contribution in [0.25, 0.3) is 0 Å². The van der Waals surface area contributed by atoms with Crippen LogP contribution in [0.5, 0.6) is 0 Å². The second-order valence-electron chi connectivity index (χ2n) is 5.76. The maximum atomic E-state index is 11.5. The minimum Gasteiger partial charge on any atom is -0.354 e. The first-order valence-electron chi connectivity index (χ1n) is 6.51. The molecule has 0 radical (unpaired) electrons. The largest absolute Gasteiger partial charge is 0.354 e. The van der Waals surface area contributed by atoms with Gasteiger partial charge in [0.15, 0.2) is 0 Å². The second-order valence-corrected chi connectivity index (χ2v) is 5.76. The standard InChI is InChI=1S/C13H25N3O2/c1-11(17)9-12(18)14-10-13(2,3)16-7-5-15(4)6-8-16/h5-10H2,1-4H3,(H,14,18). The molecular formula is C13H25N3O2. The molecule has 0 aliphatic carbocycles. The molecule has 1 N–H and O–H groups in total. The van der Waals surface area contributed by atoms with E-state index in [0.29, 0.717) is 6.54 Å². The lowest BCUT2D eigenvalue weighted by atomic mass is 10.0. The number of Topliss-reactive ketones (excluding diaryl/α,β-unsaturated/α-hetero) is 1. The van der Waals surface area contributed by atoms with Gasteiger partial charge in [0.25, 0.3) is 0 Å². The summed E-state index contributed by atoms with van der Waals surface area (Å²) in [6.45, 7) is 10.4. The highest BCUT2D eigenvalue weighted by molar-refractivity contribution is 5.96. The topological polar surface area (TPSA) is 52.7 Å². The maximum absolute atomic E-state index is 11.5. The van der Waals surface area contributed by atoms with Crippen molar-refractivity contribution in [2.75, 3.05) is 39.8 Å². The fraction of sp³-hybridized carbons (Fsp3) is 0.846. The number of ketones is 1. The molecule has 0 aromatic carbocycles. The Bertz CT molecular complexity index is 307. The second kappa shape index (κ2) is 6.29. The van der Waals surface area contributed by atoms with Crippen LogP contribution < -0.4 is 5.32 Å². The molecule has 0 unspecified atom stereocenters. The summed E-state index contributed by atoms with van der Waals surface area (Å²) in [5.41, 5.74) is -0.0618. The van der Waals surface area contributed by atoms with Gasteiger partial charge < -0.3 is 10.2 Å². The van der Waals surface area contributed by atoms with Gasteiger partial charge in [0.05, 0.1) is 6.42 Å². The van der Waals surface area contributed by atoms with Gasteiger partial charge in [0, 0.05) is 38.3 Å². The van der Waals surface area contributed by atoms with Crippen LogP contribution in [-0.4, -0.2) is 66.8 Å². The van der Waals surface area contributed by atoms with Gasteiger partial charge in [-0.05, 0) is 27.8 Å². The van der Waals surface area contributed by atoms with Crippen molar-refractivity contribution in [3.05, 3.63) is 0 Å². The molecule has 1 aliphatic heterocycles. The number of hydrogen-bond acceptors (Lipinski definition) is 4. The zero-order chi connectivity index (χ0) is 13.8. The molecule has 1 heterocycles. The monoisotopic (exact) mass is 255 g/mol. The van der Waals surface area contributed by atoms with E-state index >= 15 is 0 Å². The van der Waals surface area contributed by atoms with E-state index in [1.807, 2.05) is 0 Å². The zero-order valence-electron chi connectivity index (χ0n) is 12.0. The Kier molecular flexibility index (Phi) is 5.28. The SMILES string of the molecule is CC(=O)CC(=O)NCC(C)(C)N1CCN(C)CC1. The molecule has 104 valence electrons. The Balaban J connectivity index is 2.39. The van der Waals surface area contributed by atoms with Crippen molar-refractivity contribution in [3.8, 4) is 0 Å². The number of hydrogen-bond donors (Lipinski definition) is 1. The summed E-state index contributed by atoms with van der Waals surface area (Å²) in [7, 11) is 2.12. The van der Waals surface area contributed by atoms with Crippen LogP contribution in [0, 0.1) is 0 Å². The van der Waals surface area contributed by atoms with E-state index in [2.05, 4.69) is 36.0 Å². The molecule has 1 aliphatic rings. The van der Waals surface area contributed by atoms with Crippen molar-refractivity contribution in [2.24, 2.45) is 0 Å². The highest BCUT2D eigenvalue weighted by atomic mass is 16.2. The van der Waals surface area contributed by atoms with Gasteiger partial charge in [-0.15, -0.1) is 0 Å². The number of nitrogens with zero attached hydrogens (tertiary/aromatic N) is 2. The van der Waals surface area contributed by atoms with Crippen LogP contribution in [0.3, 0.4) is 0 Å². The van der Waals surface area contributed by atoms with E-state index in [1.54, 1.807) is 0 Å². The molecule has 1 saturated heterocycles. The summed E-state index contributed by atoms with van der Waals surface area (Å²) in [5, 5.41) is 2.85. The van der Waals surface area contributed by atoms with Gasteiger partial charge in [0.1, 0.15) is 5.78 Å². The van der Waals surface area contributed by atoms with Crippen molar-refractivity contribution >= 4 is 11.7 Å². The molecule has 5 heteroatoms. The lowest BCUT2D eigenvalue weighted by molar-refractivity contribution is -0.127. The molecular weight excluding hydrogens is 230 g/mol. The number of piperazine rings is 1. The molecule has 1 amide bonds. The maximum Gasteiger partial charge on any atom is 0.227 e. The third kappa shape index (κ3) is 4.74. The average molecular weight is 255 g/mol. The Labute approximate surface area is 110 Å². The van der Waals surface area contributed by atoms with Crippen LogP contribution in [0.1, 0.15) is 27.2 Å². The Hall–Kier alpha value is -0.940. The van der Waals surface area contributed by atoms with Crippen molar-refractivity contribution in [3.63, 3.8) is 0 Å². The first-order valence-corrected chi connectivity index (χ1v) is 6.51. The smallest absolute Gasteiger partial charge is 0.227 e. The molecule has 0 atom stereocenters. The van der Waals surface area contributed by atoms with Crippen molar-refractivity contribution < 1.29 is 9.59 Å². The van der Waals surface area contributed by atoms with Gasteiger partial charge in [-0.2, -0.15) is 0 Å². The van der Waals surface area contributed by atoms with Gasteiger partial charge >= 0.3 is 0 Å². The molecule has 0 aromatic heterocycles. The molecule has 0 spiro atoms. The van der Waals surface area contributed by atoms with E-state index in [0.717, 1.165) is 26.2 Å². The van der Waals surface area contributed by atoms with Gasteiger partial charge in [-0.25, -0.2) is 0 Å². The zero-order valence-corrected chi connectivity index (χ0v) is 12.0. The Morgan fingerprint density at radius 3 is 2.22 bits per heavy atom. The molecule has 0 saturated carbocycles. The number of likely N-dealkylation sites (N-methyl/N-ethyl adjacent to an activating group) is 1. The van der Waals surface area contributed by atoms with Crippen LogP contribution in [-0.2, 0) is 9.59 Å². The predicted octanol–water partition coefficient (Wildman–Crippen LogP) is 0.108. The lowest BCUT2D eigenvalue weighted by Gasteiger charge is -2.43. The van der Waals surface area contributed by atoms with E-state index in [1.165, 1.54) is 6.92 Å². The molecule has 1 rings (SSSR count). The average Bonchev–Trinajstić information content (AvgIpc) is 2.26. The first kappa shape index (κ1) is 15.1. The molecule has 5 nitrogen and oxygen atoms in total. The number of amides is 1. The predicted molar refractivity (Wildman–Crippen MR) is 71.5 cm³/mol. The highest BCUT2D eigenvalue weighted by Gasteiger charge is 2.29. The van der Waals surface area contributed by atoms with E-state index in [4.69, 9.17) is 0 Å². The van der Waals surface area contributed by atoms with Crippen LogP contribution in [0.2, 0.25) is 0 Å². The highest BCUT2D eigenvalue weighted by Crippen LogP contribution is 2.15. The van der Waals surface area contributed by atoms with Crippen molar-refractivity contribution in [1.29, 1.82) is 0 Å². The Morgan fingerprint density at radius 1 is 1.17 bits per heavy atom. The number of nitrogens with one attached hydrogen (secondary N) is 1. The Morgan fingerprint density at radius 2 is 1.72 bits per heavy atom. The summed E-state index contributed by atoms with van der Waals surface area (Å²) in [5.74, 6) is -0.269. The fourth-order valence-corrected chi connectivity index (χ4v) is 2.13. The minimum absolute atomic E-state index is 0.0151. The summed E-state index contributed by atoms with van der Waals surface area (Å²) >= 11 is 0. The quantitative estimate of drug-likeness (QED) is 0.708. The van der Waals surface area contributed by atoms with Crippen molar-refractivity contribution in [2.45, 2.75) is 32.7 Å². The van der Waals surface area contributed by atoms with Gasteiger partial charge in [0.2, 0.25) is 5.91 Å². The molecule has 1 fully saturated rings. The molecule has 0 aromatic rings. The van der Waals surface area contributed by atoms with E-state index in [9.17, 15) is 9.59 Å². The fourth-order valence-electron chi connectivity index (χ4n) is 2.13. The summed E-state index contributed by atoms with van der Waals surface area (Å²) < 4.78 is 0. The van der Waals surface area contributed by atoms with E-state index in [-0.39, 0.29) is 23.7 Å². The molecule has 18 heavy (non-hydrogen) atoms. The normalized spacial score (nSPS) is 18.7. The summed E-state index contributed by atoms with van der Waals surface area (Å²) in [6.07, 6.45) is -0.0151. The lowest BCUT2D eigenvalue weighted by Crippen LogP contribution is -2.57. The van der Waals surface area contributed by atoms with Crippen LogP contribution in [0.4, 0.5) is 0 Å². The third-order valence-corrected chi connectivity index (χ3v) is 3.49. The van der Waals surface area contributed by atoms with Crippen molar-refractivity contribution in [1.82, 2.24) is 15.1 Å². The number of carbonyl (C=O) groups is 2. The minimum atomic E-state index is -0.176.